The maximum absolute atomic E-state index is 12.7. The molecule has 4 nitrogen and oxygen atoms in total. The summed E-state index contributed by atoms with van der Waals surface area (Å²) in [6.45, 7) is 5.89. The van der Waals surface area contributed by atoms with E-state index in [1.807, 2.05) is 28.0 Å². The van der Waals surface area contributed by atoms with Crippen molar-refractivity contribution in [3.8, 4) is 0 Å². The van der Waals surface area contributed by atoms with Crippen molar-refractivity contribution in [2.24, 2.45) is 0 Å². The zero-order chi connectivity index (χ0) is 17.7. The predicted molar refractivity (Wildman–Crippen MR) is 99.1 cm³/mol. The second-order valence-electron chi connectivity index (χ2n) is 7.28. The minimum atomic E-state index is -0.176. The second-order valence-corrected chi connectivity index (χ2v) is 7.28. The molecule has 2 aliphatic rings. The van der Waals surface area contributed by atoms with Crippen LogP contribution in [0.4, 0.5) is 0 Å². The summed E-state index contributed by atoms with van der Waals surface area (Å²) in [4.78, 5) is 29.1. The van der Waals surface area contributed by atoms with Gasteiger partial charge in [0, 0.05) is 32.5 Å². The smallest absolute Gasteiger partial charge is 0.223 e. The van der Waals surface area contributed by atoms with Gasteiger partial charge in [0.15, 0.2) is 0 Å². The van der Waals surface area contributed by atoms with E-state index in [1.54, 1.807) is 6.08 Å². The average Bonchev–Trinajstić information content (AvgIpc) is 2.64. The molecule has 1 aromatic rings. The van der Waals surface area contributed by atoms with Gasteiger partial charge in [0.25, 0.3) is 0 Å². The summed E-state index contributed by atoms with van der Waals surface area (Å²) in [5.74, 6) is 0.421. The fraction of sp³-hybridized carbons (Fsp3) is 0.524. The average molecular weight is 340 g/mol. The van der Waals surface area contributed by atoms with Gasteiger partial charge < -0.3 is 9.80 Å². The molecule has 3 rings (SSSR count). The lowest BCUT2D eigenvalue weighted by atomic mass is 9.79. The number of hydrogen-bond donors (Lipinski definition) is 0. The quantitative estimate of drug-likeness (QED) is 0.773. The lowest BCUT2D eigenvalue weighted by molar-refractivity contribution is -0.149. The zero-order valence-corrected chi connectivity index (χ0v) is 15.0. The van der Waals surface area contributed by atoms with Crippen molar-refractivity contribution >= 4 is 11.8 Å². The monoisotopic (exact) mass is 340 g/mol. The Morgan fingerprint density at radius 2 is 1.96 bits per heavy atom. The molecular weight excluding hydrogens is 312 g/mol. The molecule has 0 N–H and O–H groups in total. The molecule has 4 heteroatoms. The number of piperidine rings is 2. The molecule has 1 aromatic carbocycles. The summed E-state index contributed by atoms with van der Waals surface area (Å²) in [7, 11) is 0. The molecule has 0 bridgehead atoms. The molecular formula is C21H28N2O2. The molecule has 1 spiro atoms. The van der Waals surface area contributed by atoms with E-state index >= 15 is 0 Å². The van der Waals surface area contributed by atoms with Crippen LogP contribution in [0.5, 0.6) is 0 Å². The Labute approximate surface area is 150 Å². The number of rotatable bonds is 5. The lowest BCUT2D eigenvalue weighted by Gasteiger charge is -2.52. The SMILES string of the molecule is C=CCN1C(=O)CCC[C@]12CCCN(C(=O)CCc1ccccc1)C2. The van der Waals surface area contributed by atoms with Crippen molar-refractivity contribution in [2.75, 3.05) is 19.6 Å². The maximum Gasteiger partial charge on any atom is 0.223 e. The molecule has 134 valence electrons. The summed E-state index contributed by atoms with van der Waals surface area (Å²) < 4.78 is 0. The highest BCUT2D eigenvalue weighted by Gasteiger charge is 2.45. The third kappa shape index (κ3) is 3.94. The molecule has 1 atom stereocenters. The molecule has 0 saturated carbocycles. The normalized spacial score (nSPS) is 23.8. The van der Waals surface area contributed by atoms with Crippen molar-refractivity contribution in [1.82, 2.24) is 9.80 Å². The van der Waals surface area contributed by atoms with Gasteiger partial charge in [0.05, 0.1) is 5.54 Å². The Bertz CT molecular complexity index is 624. The number of carbonyl (C=O) groups excluding carboxylic acids is 2. The summed E-state index contributed by atoms with van der Waals surface area (Å²) in [6, 6.07) is 10.1. The molecule has 2 aliphatic heterocycles. The van der Waals surface area contributed by atoms with Crippen LogP contribution in [0, 0.1) is 0 Å². The highest BCUT2D eigenvalue weighted by Crippen LogP contribution is 2.36. The number of amides is 2. The van der Waals surface area contributed by atoms with Crippen LogP contribution >= 0.6 is 0 Å². The Balaban J connectivity index is 1.66. The first-order valence-electron chi connectivity index (χ1n) is 9.38. The van der Waals surface area contributed by atoms with Gasteiger partial charge in [-0.3, -0.25) is 9.59 Å². The van der Waals surface area contributed by atoms with E-state index < -0.39 is 0 Å². The van der Waals surface area contributed by atoms with Crippen LogP contribution < -0.4 is 0 Å². The van der Waals surface area contributed by atoms with Gasteiger partial charge in [-0.15, -0.1) is 6.58 Å². The summed E-state index contributed by atoms with van der Waals surface area (Å²) >= 11 is 0. The number of likely N-dealkylation sites (tertiary alicyclic amines) is 2. The number of hydrogen-bond acceptors (Lipinski definition) is 2. The van der Waals surface area contributed by atoms with Crippen LogP contribution in [-0.4, -0.2) is 46.8 Å². The van der Waals surface area contributed by atoms with Crippen LogP contribution in [0.3, 0.4) is 0 Å². The largest absolute Gasteiger partial charge is 0.340 e. The molecule has 2 amide bonds. The van der Waals surface area contributed by atoms with Crippen LogP contribution in [0.25, 0.3) is 0 Å². The van der Waals surface area contributed by atoms with E-state index in [2.05, 4.69) is 18.7 Å². The van der Waals surface area contributed by atoms with Crippen molar-refractivity contribution in [3.63, 3.8) is 0 Å². The van der Waals surface area contributed by atoms with E-state index in [9.17, 15) is 9.59 Å². The molecule has 0 aliphatic carbocycles. The van der Waals surface area contributed by atoms with Gasteiger partial charge >= 0.3 is 0 Å². The third-order valence-corrected chi connectivity index (χ3v) is 5.60. The van der Waals surface area contributed by atoms with Gasteiger partial charge in [0.1, 0.15) is 0 Å². The van der Waals surface area contributed by atoms with E-state index in [0.29, 0.717) is 25.9 Å². The number of nitrogens with zero attached hydrogens (tertiary/aromatic N) is 2. The number of benzene rings is 1. The van der Waals surface area contributed by atoms with Gasteiger partial charge in [0.2, 0.25) is 11.8 Å². The van der Waals surface area contributed by atoms with Crippen molar-refractivity contribution in [3.05, 3.63) is 48.6 Å². The fourth-order valence-electron chi connectivity index (χ4n) is 4.33. The van der Waals surface area contributed by atoms with Gasteiger partial charge in [-0.2, -0.15) is 0 Å². The lowest BCUT2D eigenvalue weighted by Crippen LogP contribution is -2.63. The second kappa shape index (κ2) is 7.85. The maximum atomic E-state index is 12.7. The molecule has 2 heterocycles. The van der Waals surface area contributed by atoms with Crippen molar-refractivity contribution < 1.29 is 9.59 Å². The summed E-state index contributed by atoms with van der Waals surface area (Å²) in [6.07, 6.45) is 7.63. The highest BCUT2D eigenvalue weighted by atomic mass is 16.2. The summed E-state index contributed by atoms with van der Waals surface area (Å²) in [5, 5.41) is 0. The molecule has 0 unspecified atom stereocenters. The standard InChI is InChI=1S/C21H28N2O2/c1-2-15-23-20(25)10-6-13-21(23)14-7-16-22(17-21)19(24)12-11-18-8-4-3-5-9-18/h2-5,8-9H,1,6-7,10-17H2/t21-/m1/s1. The van der Waals surface area contributed by atoms with Crippen LogP contribution in [0.2, 0.25) is 0 Å². The Hall–Kier alpha value is -2.10. The Kier molecular flexibility index (Phi) is 5.57. The molecule has 0 radical (unpaired) electrons. The molecule has 2 fully saturated rings. The molecule has 2 saturated heterocycles. The topological polar surface area (TPSA) is 40.6 Å². The number of aryl methyl sites for hydroxylation is 1. The van der Waals surface area contributed by atoms with Gasteiger partial charge in [-0.05, 0) is 37.7 Å². The minimum absolute atomic E-state index is 0.176. The van der Waals surface area contributed by atoms with Gasteiger partial charge in [-0.25, -0.2) is 0 Å². The third-order valence-electron chi connectivity index (χ3n) is 5.60. The Morgan fingerprint density at radius 3 is 2.72 bits per heavy atom. The molecule has 0 aromatic heterocycles. The van der Waals surface area contributed by atoms with Crippen LogP contribution in [0.1, 0.15) is 44.1 Å². The van der Waals surface area contributed by atoms with Crippen LogP contribution in [-0.2, 0) is 16.0 Å². The highest BCUT2D eigenvalue weighted by molar-refractivity contribution is 5.79. The van der Waals surface area contributed by atoms with Crippen molar-refractivity contribution in [2.45, 2.75) is 50.5 Å². The first-order chi connectivity index (χ1) is 12.1. The van der Waals surface area contributed by atoms with E-state index in [1.165, 1.54) is 5.56 Å². The van der Waals surface area contributed by atoms with E-state index in [4.69, 9.17) is 0 Å². The molecule has 25 heavy (non-hydrogen) atoms. The fourth-order valence-corrected chi connectivity index (χ4v) is 4.33. The van der Waals surface area contributed by atoms with Crippen LogP contribution in [0.15, 0.2) is 43.0 Å². The first-order valence-corrected chi connectivity index (χ1v) is 9.38. The minimum Gasteiger partial charge on any atom is -0.340 e. The van der Waals surface area contributed by atoms with E-state index in [-0.39, 0.29) is 17.4 Å². The van der Waals surface area contributed by atoms with E-state index in [0.717, 1.165) is 38.6 Å². The predicted octanol–water partition coefficient (Wildman–Crippen LogP) is 3.18. The number of carbonyl (C=O) groups is 2. The first kappa shape index (κ1) is 17.7. The Morgan fingerprint density at radius 1 is 1.20 bits per heavy atom. The summed E-state index contributed by atoms with van der Waals surface area (Å²) in [5.41, 5.74) is 1.02. The van der Waals surface area contributed by atoms with Gasteiger partial charge in [-0.1, -0.05) is 36.4 Å². The zero-order valence-electron chi connectivity index (χ0n) is 15.0. The van der Waals surface area contributed by atoms with Crippen molar-refractivity contribution in [1.29, 1.82) is 0 Å².